The van der Waals surface area contributed by atoms with E-state index < -0.39 is 11.6 Å². The molecule has 1 heterocycles. The minimum Gasteiger partial charge on any atom is -0.395 e. The molecule has 1 aromatic rings. The van der Waals surface area contributed by atoms with Gasteiger partial charge in [0.15, 0.2) is 0 Å². The highest BCUT2D eigenvalue weighted by atomic mass is 19.1. The Kier molecular flexibility index (Phi) is 5.60. The predicted octanol–water partition coefficient (Wildman–Crippen LogP) is 0.513. The molecule has 21 heavy (non-hydrogen) atoms. The third-order valence-corrected chi connectivity index (χ3v) is 3.45. The summed E-state index contributed by atoms with van der Waals surface area (Å²) in [6, 6.07) is 2.95. The lowest BCUT2D eigenvalue weighted by Crippen LogP contribution is -2.49. The zero-order chi connectivity index (χ0) is 15.2. The van der Waals surface area contributed by atoms with Crippen LogP contribution >= 0.6 is 0 Å². The molecule has 2 N–H and O–H groups in total. The third kappa shape index (κ3) is 4.73. The van der Waals surface area contributed by atoms with Crippen molar-refractivity contribution in [1.82, 2.24) is 9.80 Å². The van der Waals surface area contributed by atoms with Gasteiger partial charge in [-0.15, -0.1) is 0 Å². The molecule has 0 spiro atoms. The van der Waals surface area contributed by atoms with Gasteiger partial charge in [0.1, 0.15) is 11.6 Å². The van der Waals surface area contributed by atoms with Gasteiger partial charge in [0.25, 0.3) is 0 Å². The fourth-order valence-electron chi connectivity index (χ4n) is 2.30. The van der Waals surface area contributed by atoms with Crippen molar-refractivity contribution in [3.63, 3.8) is 0 Å². The molecule has 0 saturated carbocycles. The van der Waals surface area contributed by atoms with E-state index in [1.54, 1.807) is 0 Å². The van der Waals surface area contributed by atoms with Crippen LogP contribution in [0.3, 0.4) is 0 Å². The van der Waals surface area contributed by atoms with E-state index >= 15 is 0 Å². The largest absolute Gasteiger partial charge is 0.395 e. The van der Waals surface area contributed by atoms with E-state index in [-0.39, 0.29) is 24.7 Å². The number of hydrogen-bond donors (Lipinski definition) is 2. The van der Waals surface area contributed by atoms with E-state index in [1.165, 1.54) is 0 Å². The summed E-state index contributed by atoms with van der Waals surface area (Å²) < 4.78 is 26.4. The molecule has 116 valence electrons. The maximum Gasteiger partial charge on any atom is 0.238 e. The molecular weight excluding hydrogens is 280 g/mol. The summed E-state index contributed by atoms with van der Waals surface area (Å²) in [6.07, 6.45) is 0. The van der Waals surface area contributed by atoms with E-state index in [0.717, 1.165) is 31.3 Å². The summed E-state index contributed by atoms with van der Waals surface area (Å²) in [4.78, 5) is 15.9. The monoisotopic (exact) mass is 299 g/mol. The van der Waals surface area contributed by atoms with Crippen LogP contribution in [0, 0.1) is 11.6 Å². The van der Waals surface area contributed by atoms with Gasteiger partial charge in [-0.3, -0.25) is 14.6 Å². The summed E-state index contributed by atoms with van der Waals surface area (Å²) in [5.74, 6) is -1.61. The van der Waals surface area contributed by atoms with Crippen molar-refractivity contribution in [3.8, 4) is 0 Å². The van der Waals surface area contributed by atoms with Gasteiger partial charge in [-0.25, -0.2) is 8.78 Å². The van der Waals surface area contributed by atoms with Crippen LogP contribution in [-0.2, 0) is 4.79 Å². The van der Waals surface area contributed by atoms with Crippen LogP contribution in [0.1, 0.15) is 0 Å². The number of aliphatic hydroxyl groups is 1. The molecule has 2 rings (SSSR count). The summed E-state index contributed by atoms with van der Waals surface area (Å²) in [5.41, 5.74) is -0.140. The van der Waals surface area contributed by atoms with E-state index in [0.29, 0.717) is 19.6 Å². The van der Waals surface area contributed by atoms with Crippen molar-refractivity contribution < 1.29 is 18.7 Å². The van der Waals surface area contributed by atoms with Gasteiger partial charge in [0, 0.05) is 38.8 Å². The number of nitrogens with zero attached hydrogens (tertiary/aromatic N) is 2. The average Bonchev–Trinajstić information content (AvgIpc) is 2.45. The first kappa shape index (κ1) is 15.8. The van der Waals surface area contributed by atoms with Gasteiger partial charge in [-0.05, 0) is 12.1 Å². The normalized spacial score (nSPS) is 16.9. The quantitative estimate of drug-likeness (QED) is 0.832. The number of aliphatic hydroxyl groups excluding tert-OH is 1. The predicted molar refractivity (Wildman–Crippen MR) is 75.0 cm³/mol. The Labute approximate surface area is 122 Å². The molecule has 1 saturated heterocycles. The lowest BCUT2D eigenvalue weighted by Gasteiger charge is -2.33. The molecule has 1 fully saturated rings. The van der Waals surface area contributed by atoms with E-state index in [9.17, 15) is 13.6 Å². The highest BCUT2D eigenvalue weighted by molar-refractivity contribution is 5.92. The van der Waals surface area contributed by atoms with Crippen LogP contribution in [0.2, 0.25) is 0 Å². The number of anilines is 1. The smallest absolute Gasteiger partial charge is 0.238 e. The highest BCUT2D eigenvalue weighted by Gasteiger charge is 2.19. The van der Waals surface area contributed by atoms with Crippen LogP contribution < -0.4 is 5.32 Å². The summed E-state index contributed by atoms with van der Waals surface area (Å²) in [6.45, 7) is 3.87. The Morgan fingerprint density at radius 3 is 2.52 bits per heavy atom. The minimum absolute atomic E-state index is 0.124. The molecule has 0 unspecified atom stereocenters. The number of β-amino-alcohol motifs (C(OH)–C–C–N with tert-alkyl or cyclic N) is 1. The van der Waals surface area contributed by atoms with Crippen LogP contribution in [0.4, 0.5) is 14.5 Å². The minimum atomic E-state index is -0.655. The molecule has 7 heteroatoms. The number of carbonyl (C=O) groups excluding carboxylic acids is 1. The Balaban J connectivity index is 1.81. The first-order chi connectivity index (χ1) is 10.1. The Morgan fingerprint density at radius 2 is 1.86 bits per heavy atom. The fourth-order valence-corrected chi connectivity index (χ4v) is 2.30. The maximum absolute atomic E-state index is 13.4. The molecule has 1 aliphatic heterocycles. The first-order valence-electron chi connectivity index (χ1n) is 6.89. The van der Waals surface area contributed by atoms with Crippen molar-refractivity contribution >= 4 is 11.6 Å². The van der Waals surface area contributed by atoms with Crippen molar-refractivity contribution in [2.24, 2.45) is 0 Å². The standard InChI is InChI=1S/C14H19F2N3O2/c15-11-1-2-12(16)13(9-11)17-14(21)10-19-5-3-18(4-6-19)7-8-20/h1-2,9,20H,3-8,10H2,(H,17,21). The van der Waals surface area contributed by atoms with Crippen molar-refractivity contribution in [1.29, 1.82) is 0 Å². The Bertz CT molecular complexity index is 491. The molecule has 0 atom stereocenters. The van der Waals surface area contributed by atoms with E-state index in [2.05, 4.69) is 10.2 Å². The molecule has 0 aliphatic carbocycles. The SMILES string of the molecule is O=C(CN1CCN(CCO)CC1)Nc1cc(F)ccc1F. The topological polar surface area (TPSA) is 55.8 Å². The van der Waals surface area contributed by atoms with E-state index in [4.69, 9.17) is 5.11 Å². The lowest BCUT2D eigenvalue weighted by atomic mass is 10.2. The zero-order valence-electron chi connectivity index (χ0n) is 11.7. The van der Waals surface area contributed by atoms with Crippen LogP contribution in [0.15, 0.2) is 18.2 Å². The van der Waals surface area contributed by atoms with Gasteiger partial charge in [0.05, 0.1) is 18.8 Å². The Hall–Kier alpha value is -1.57. The number of benzene rings is 1. The van der Waals surface area contributed by atoms with Gasteiger partial charge >= 0.3 is 0 Å². The highest BCUT2D eigenvalue weighted by Crippen LogP contribution is 2.15. The second-order valence-electron chi connectivity index (χ2n) is 5.01. The van der Waals surface area contributed by atoms with Crippen LogP contribution in [0.25, 0.3) is 0 Å². The second-order valence-corrected chi connectivity index (χ2v) is 5.01. The van der Waals surface area contributed by atoms with Crippen molar-refractivity contribution in [2.45, 2.75) is 0 Å². The molecule has 0 radical (unpaired) electrons. The second kappa shape index (κ2) is 7.44. The maximum atomic E-state index is 13.4. The number of piperazine rings is 1. The number of rotatable bonds is 5. The lowest BCUT2D eigenvalue weighted by molar-refractivity contribution is -0.117. The van der Waals surface area contributed by atoms with E-state index in [1.807, 2.05) is 4.90 Å². The van der Waals surface area contributed by atoms with Crippen molar-refractivity contribution in [3.05, 3.63) is 29.8 Å². The first-order valence-corrected chi connectivity index (χ1v) is 6.89. The van der Waals surface area contributed by atoms with Crippen LogP contribution in [-0.4, -0.2) is 66.7 Å². The van der Waals surface area contributed by atoms with Gasteiger partial charge in [-0.1, -0.05) is 0 Å². The van der Waals surface area contributed by atoms with Gasteiger partial charge in [-0.2, -0.15) is 0 Å². The number of hydrogen-bond acceptors (Lipinski definition) is 4. The number of halogens is 2. The average molecular weight is 299 g/mol. The fraction of sp³-hybridized carbons (Fsp3) is 0.500. The Morgan fingerprint density at radius 1 is 1.19 bits per heavy atom. The molecule has 5 nitrogen and oxygen atoms in total. The number of amides is 1. The molecule has 0 bridgehead atoms. The zero-order valence-corrected chi connectivity index (χ0v) is 11.7. The summed E-state index contributed by atoms with van der Waals surface area (Å²) in [5, 5.41) is 11.2. The number of nitrogens with one attached hydrogen (secondary N) is 1. The van der Waals surface area contributed by atoms with Crippen LogP contribution in [0.5, 0.6) is 0 Å². The molecule has 1 aliphatic rings. The van der Waals surface area contributed by atoms with Gasteiger partial charge < -0.3 is 10.4 Å². The molecule has 0 aromatic heterocycles. The summed E-state index contributed by atoms with van der Waals surface area (Å²) in [7, 11) is 0. The molecule has 1 amide bonds. The molecule has 1 aromatic carbocycles. The molecular formula is C14H19F2N3O2. The van der Waals surface area contributed by atoms with Gasteiger partial charge in [0.2, 0.25) is 5.91 Å². The number of carbonyl (C=O) groups is 1. The summed E-state index contributed by atoms with van der Waals surface area (Å²) >= 11 is 0. The van der Waals surface area contributed by atoms with Crippen molar-refractivity contribution in [2.75, 3.05) is 51.2 Å². The third-order valence-electron chi connectivity index (χ3n) is 3.45.